The number of nitrogens with one attached hydrogen (secondary N) is 1. The van der Waals surface area contributed by atoms with Crippen molar-refractivity contribution in [2.45, 2.75) is 26.8 Å². The average Bonchev–Trinajstić information content (AvgIpc) is 2.96. The minimum atomic E-state index is -0.392. The van der Waals surface area contributed by atoms with Crippen molar-refractivity contribution >= 4 is 23.2 Å². The molecule has 0 spiro atoms. The van der Waals surface area contributed by atoms with Gasteiger partial charge < -0.3 is 10.1 Å². The minimum absolute atomic E-state index is 0.312. The molecule has 5 nitrogen and oxygen atoms in total. The Bertz CT molecular complexity index is 788. The fraction of sp³-hybridized carbons (Fsp3) is 0.278. The van der Waals surface area contributed by atoms with Crippen LogP contribution in [0.5, 0.6) is 0 Å². The molecule has 124 valence electrons. The van der Waals surface area contributed by atoms with Gasteiger partial charge in [-0.05, 0) is 32.9 Å². The molecule has 0 aliphatic carbocycles. The quantitative estimate of drug-likeness (QED) is 0.685. The topological polar surface area (TPSA) is 68.3 Å². The summed E-state index contributed by atoms with van der Waals surface area (Å²) in [7, 11) is 0. The van der Waals surface area contributed by atoms with Crippen LogP contribution in [0.1, 0.15) is 45.8 Å². The molecular formula is C18H18N2O3S. The van der Waals surface area contributed by atoms with E-state index in [4.69, 9.17) is 4.74 Å². The van der Waals surface area contributed by atoms with E-state index in [2.05, 4.69) is 22.1 Å². The van der Waals surface area contributed by atoms with Gasteiger partial charge in [-0.3, -0.25) is 4.79 Å². The van der Waals surface area contributed by atoms with Gasteiger partial charge in [-0.1, -0.05) is 24.1 Å². The standard InChI is InChI=1S/C18H18N2O3S/c1-4-23-18(22)16-12(2)20-17(24-16)13(3)19-15(21)11-10-14-8-6-5-7-9-14/h5-9,13H,4H2,1-3H3,(H,19,21). The predicted molar refractivity (Wildman–Crippen MR) is 92.7 cm³/mol. The molecule has 6 heteroatoms. The number of aryl methyl sites for hydroxylation is 1. The fourth-order valence-electron chi connectivity index (χ4n) is 1.93. The van der Waals surface area contributed by atoms with Crippen LogP contribution in [0, 0.1) is 18.8 Å². The van der Waals surface area contributed by atoms with Crippen LogP contribution in [-0.4, -0.2) is 23.5 Å². The van der Waals surface area contributed by atoms with Crippen molar-refractivity contribution < 1.29 is 14.3 Å². The highest BCUT2D eigenvalue weighted by atomic mass is 32.1. The van der Waals surface area contributed by atoms with Gasteiger partial charge in [0.2, 0.25) is 0 Å². The summed E-state index contributed by atoms with van der Waals surface area (Å²) in [6, 6.07) is 8.94. The number of nitrogens with zero attached hydrogens (tertiary/aromatic N) is 1. The second kappa shape index (κ2) is 8.27. The number of aromatic nitrogens is 1. The SMILES string of the molecule is CCOC(=O)c1sc(C(C)NC(=O)C#Cc2ccccc2)nc1C. The summed E-state index contributed by atoms with van der Waals surface area (Å²) in [5.74, 6) is 4.57. The van der Waals surface area contributed by atoms with Crippen LogP contribution in [0.4, 0.5) is 0 Å². The summed E-state index contributed by atoms with van der Waals surface area (Å²) < 4.78 is 4.99. The molecule has 0 aliphatic heterocycles. The van der Waals surface area contributed by atoms with Crippen molar-refractivity contribution in [2.75, 3.05) is 6.61 Å². The van der Waals surface area contributed by atoms with E-state index in [-0.39, 0.29) is 12.0 Å². The van der Waals surface area contributed by atoms with E-state index in [9.17, 15) is 9.59 Å². The van der Waals surface area contributed by atoms with E-state index in [1.54, 1.807) is 20.8 Å². The molecular weight excluding hydrogens is 324 g/mol. The van der Waals surface area contributed by atoms with Crippen molar-refractivity contribution in [3.63, 3.8) is 0 Å². The number of rotatable bonds is 4. The van der Waals surface area contributed by atoms with E-state index < -0.39 is 5.91 Å². The number of hydrogen-bond acceptors (Lipinski definition) is 5. The van der Waals surface area contributed by atoms with Gasteiger partial charge >= 0.3 is 5.97 Å². The lowest BCUT2D eigenvalue weighted by atomic mass is 10.2. The zero-order chi connectivity index (χ0) is 17.5. The Hall–Kier alpha value is -2.65. The molecule has 1 N–H and O–H groups in total. The highest BCUT2D eigenvalue weighted by molar-refractivity contribution is 7.13. The first-order valence-electron chi connectivity index (χ1n) is 7.53. The van der Waals surface area contributed by atoms with Gasteiger partial charge in [0.05, 0.1) is 18.3 Å². The normalized spacial score (nSPS) is 11.1. The van der Waals surface area contributed by atoms with Gasteiger partial charge in [-0.2, -0.15) is 0 Å². The highest BCUT2D eigenvalue weighted by Gasteiger charge is 2.20. The number of amides is 1. The van der Waals surface area contributed by atoms with Gasteiger partial charge in [0.25, 0.3) is 5.91 Å². The van der Waals surface area contributed by atoms with Gasteiger partial charge in [-0.15, -0.1) is 11.3 Å². The van der Waals surface area contributed by atoms with Crippen molar-refractivity contribution in [3.05, 3.63) is 51.5 Å². The average molecular weight is 342 g/mol. The number of esters is 1. The molecule has 0 radical (unpaired) electrons. The smallest absolute Gasteiger partial charge is 0.350 e. The van der Waals surface area contributed by atoms with Crippen molar-refractivity contribution in [1.29, 1.82) is 0 Å². The maximum Gasteiger partial charge on any atom is 0.350 e. The third-order valence-electron chi connectivity index (χ3n) is 3.09. The van der Waals surface area contributed by atoms with Gasteiger partial charge in [0, 0.05) is 11.5 Å². The summed E-state index contributed by atoms with van der Waals surface area (Å²) >= 11 is 1.22. The van der Waals surface area contributed by atoms with Crippen LogP contribution < -0.4 is 5.32 Å². The summed E-state index contributed by atoms with van der Waals surface area (Å²) in [5.41, 5.74) is 1.37. The van der Waals surface area contributed by atoms with Crippen LogP contribution >= 0.6 is 11.3 Å². The van der Waals surface area contributed by atoms with E-state index in [0.29, 0.717) is 22.2 Å². The molecule has 1 unspecified atom stereocenters. The molecule has 1 atom stereocenters. The maximum atomic E-state index is 11.9. The first kappa shape index (κ1) is 17.7. The molecule has 1 heterocycles. The molecule has 1 amide bonds. The van der Waals surface area contributed by atoms with Crippen molar-refractivity contribution in [3.8, 4) is 11.8 Å². The molecule has 2 aromatic rings. The molecule has 2 rings (SSSR count). The molecule has 0 saturated heterocycles. The molecule has 0 fully saturated rings. The third-order valence-corrected chi connectivity index (χ3v) is 4.41. The molecule has 0 bridgehead atoms. The van der Waals surface area contributed by atoms with Gasteiger partial charge in [0.15, 0.2) is 0 Å². The Morgan fingerprint density at radius 3 is 2.71 bits per heavy atom. The lowest BCUT2D eigenvalue weighted by Crippen LogP contribution is -2.25. The summed E-state index contributed by atoms with van der Waals surface area (Å²) in [6.45, 7) is 5.61. The van der Waals surface area contributed by atoms with Crippen molar-refractivity contribution in [2.24, 2.45) is 0 Å². The summed E-state index contributed by atoms with van der Waals surface area (Å²) in [4.78, 5) is 28.6. The lowest BCUT2D eigenvalue weighted by molar-refractivity contribution is -0.116. The minimum Gasteiger partial charge on any atom is -0.462 e. The Kier molecular flexibility index (Phi) is 6.10. The number of benzene rings is 1. The molecule has 24 heavy (non-hydrogen) atoms. The monoisotopic (exact) mass is 342 g/mol. The second-order valence-electron chi connectivity index (χ2n) is 5.00. The number of thiazole rings is 1. The predicted octanol–water partition coefficient (Wildman–Crippen LogP) is 2.86. The first-order valence-corrected chi connectivity index (χ1v) is 8.35. The second-order valence-corrected chi connectivity index (χ2v) is 6.03. The number of carbonyl (C=O) groups excluding carboxylic acids is 2. The summed E-state index contributed by atoms with van der Waals surface area (Å²) in [6.07, 6.45) is 0. The van der Waals surface area contributed by atoms with Gasteiger partial charge in [-0.25, -0.2) is 9.78 Å². The largest absolute Gasteiger partial charge is 0.462 e. The van der Waals surface area contributed by atoms with E-state index in [1.165, 1.54) is 11.3 Å². The van der Waals surface area contributed by atoms with Crippen LogP contribution in [0.2, 0.25) is 0 Å². The highest BCUT2D eigenvalue weighted by Crippen LogP contribution is 2.24. The first-order chi connectivity index (χ1) is 11.5. The fourth-order valence-corrected chi connectivity index (χ4v) is 2.90. The third kappa shape index (κ3) is 4.67. The zero-order valence-electron chi connectivity index (χ0n) is 13.8. The van der Waals surface area contributed by atoms with E-state index in [0.717, 1.165) is 5.56 Å². The Morgan fingerprint density at radius 2 is 2.04 bits per heavy atom. The number of ether oxygens (including phenoxy) is 1. The van der Waals surface area contributed by atoms with Gasteiger partial charge in [0.1, 0.15) is 9.88 Å². The number of hydrogen-bond donors (Lipinski definition) is 1. The van der Waals surface area contributed by atoms with E-state index in [1.807, 2.05) is 30.3 Å². The molecule has 0 saturated carbocycles. The van der Waals surface area contributed by atoms with Crippen LogP contribution in [0.25, 0.3) is 0 Å². The number of carbonyl (C=O) groups is 2. The van der Waals surface area contributed by atoms with E-state index >= 15 is 0 Å². The van der Waals surface area contributed by atoms with Crippen LogP contribution in [0.3, 0.4) is 0 Å². The maximum absolute atomic E-state index is 11.9. The van der Waals surface area contributed by atoms with Crippen LogP contribution in [-0.2, 0) is 9.53 Å². The Labute approximate surface area is 145 Å². The molecule has 0 aliphatic rings. The van der Waals surface area contributed by atoms with Crippen LogP contribution in [0.15, 0.2) is 30.3 Å². The molecule has 1 aromatic heterocycles. The zero-order valence-corrected chi connectivity index (χ0v) is 14.6. The van der Waals surface area contributed by atoms with Crippen molar-refractivity contribution in [1.82, 2.24) is 10.3 Å². The molecule has 1 aromatic carbocycles. The summed E-state index contributed by atoms with van der Waals surface area (Å²) in [5, 5.41) is 3.41. The Balaban J connectivity index is 2.03. The lowest BCUT2D eigenvalue weighted by Gasteiger charge is -2.07. The Morgan fingerprint density at radius 1 is 1.33 bits per heavy atom.